The van der Waals surface area contributed by atoms with Crippen LogP contribution in [0.1, 0.15) is 32.1 Å². The van der Waals surface area contributed by atoms with Gasteiger partial charge in [0.2, 0.25) is 5.91 Å². The average Bonchev–Trinajstić information content (AvgIpc) is 2.52. The number of nitrogens with zero attached hydrogens (tertiary/aromatic N) is 2. The van der Waals surface area contributed by atoms with Crippen LogP contribution in [0.5, 0.6) is 0 Å². The Hall–Kier alpha value is -2.28. The van der Waals surface area contributed by atoms with E-state index in [2.05, 4.69) is 4.98 Å². The van der Waals surface area contributed by atoms with Crippen molar-refractivity contribution in [2.24, 2.45) is 0 Å². The summed E-state index contributed by atoms with van der Waals surface area (Å²) in [6.07, 6.45) is 4.89. The SMILES string of the molecule is O=C(CCCCCCn1cnc2ccc(F)cc2c1=O)NO. The predicted octanol–water partition coefficient (Wildman–Crippen LogP) is 1.99. The number of amides is 1. The molecule has 22 heavy (non-hydrogen) atoms. The molecular formula is C15H18FN3O3. The summed E-state index contributed by atoms with van der Waals surface area (Å²) in [6.45, 7) is 0.504. The van der Waals surface area contributed by atoms with Gasteiger partial charge in [-0.2, -0.15) is 0 Å². The Morgan fingerprint density at radius 2 is 2.05 bits per heavy atom. The molecule has 6 nitrogen and oxygen atoms in total. The van der Waals surface area contributed by atoms with E-state index in [-0.39, 0.29) is 17.4 Å². The van der Waals surface area contributed by atoms with E-state index >= 15 is 0 Å². The zero-order valence-corrected chi connectivity index (χ0v) is 12.1. The van der Waals surface area contributed by atoms with Crippen LogP contribution in [0.4, 0.5) is 4.39 Å². The molecule has 1 heterocycles. The van der Waals surface area contributed by atoms with Crippen LogP contribution in [0.2, 0.25) is 0 Å². The summed E-state index contributed by atoms with van der Waals surface area (Å²) in [7, 11) is 0. The Morgan fingerprint density at radius 1 is 1.27 bits per heavy atom. The molecule has 0 saturated heterocycles. The number of hydroxylamine groups is 1. The fourth-order valence-electron chi connectivity index (χ4n) is 2.27. The molecule has 2 rings (SSSR count). The third-order valence-electron chi connectivity index (χ3n) is 3.46. The maximum Gasteiger partial charge on any atom is 0.261 e. The summed E-state index contributed by atoms with van der Waals surface area (Å²) in [6, 6.07) is 3.97. The normalized spacial score (nSPS) is 10.8. The summed E-state index contributed by atoms with van der Waals surface area (Å²) < 4.78 is 14.7. The summed E-state index contributed by atoms with van der Waals surface area (Å²) >= 11 is 0. The first-order valence-corrected chi connectivity index (χ1v) is 7.19. The van der Waals surface area contributed by atoms with Crippen molar-refractivity contribution in [2.75, 3.05) is 0 Å². The highest BCUT2D eigenvalue weighted by Gasteiger charge is 2.05. The van der Waals surface area contributed by atoms with E-state index in [0.717, 1.165) is 19.3 Å². The van der Waals surface area contributed by atoms with E-state index in [1.807, 2.05) is 0 Å². The monoisotopic (exact) mass is 307 g/mol. The highest BCUT2D eigenvalue weighted by molar-refractivity contribution is 5.77. The topological polar surface area (TPSA) is 84.2 Å². The highest BCUT2D eigenvalue weighted by Crippen LogP contribution is 2.09. The van der Waals surface area contributed by atoms with Gasteiger partial charge in [0.05, 0.1) is 17.2 Å². The van der Waals surface area contributed by atoms with Crippen molar-refractivity contribution in [1.29, 1.82) is 0 Å². The number of unbranched alkanes of at least 4 members (excludes halogenated alkanes) is 3. The van der Waals surface area contributed by atoms with Gasteiger partial charge < -0.3 is 0 Å². The van der Waals surface area contributed by atoms with Crippen LogP contribution in [0.3, 0.4) is 0 Å². The molecule has 2 N–H and O–H groups in total. The standard InChI is InChI=1S/C15H18FN3O3/c16-11-6-7-13-12(9-11)15(21)19(10-17-13)8-4-2-1-3-5-14(20)18-22/h6-7,9-10,22H,1-5,8H2,(H,18,20). The van der Waals surface area contributed by atoms with E-state index in [9.17, 15) is 14.0 Å². The molecule has 0 aliphatic carbocycles. The highest BCUT2D eigenvalue weighted by atomic mass is 19.1. The number of nitrogens with one attached hydrogen (secondary N) is 1. The fourth-order valence-corrected chi connectivity index (χ4v) is 2.27. The van der Waals surface area contributed by atoms with Crippen molar-refractivity contribution in [2.45, 2.75) is 38.6 Å². The van der Waals surface area contributed by atoms with Crippen LogP contribution in [0, 0.1) is 5.82 Å². The van der Waals surface area contributed by atoms with Crippen LogP contribution in [-0.2, 0) is 11.3 Å². The minimum atomic E-state index is -0.452. The third-order valence-corrected chi connectivity index (χ3v) is 3.46. The van der Waals surface area contributed by atoms with Gasteiger partial charge in [-0.25, -0.2) is 14.9 Å². The average molecular weight is 307 g/mol. The number of aryl methyl sites for hydroxylation is 1. The number of benzene rings is 1. The van der Waals surface area contributed by atoms with Crippen molar-refractivity contribution >= 4 is 16.8 Å². The van der Waals surface area contributed by atoms with Crippen molar-refractivity contribution in [3.05, 3.63) is 40.7 Å². The molecule has 0 aliphatic rings. The molecule has 1 aromatic carbocycles. The van der Waals surface area contributed by atoms with E-state index in [1.165, 1.54) is 29.1 Å². The largest absolute Gasteiger partial charge is 0.299 e. The van der Waals surface area contributed by atoms with Gasteiger partial charge in [0.1, 0.15) is 5.82 Å². The van der Waals surface area contributed by atoms with Gasteiger partial charge in [-0.1, -0.05) is 12.8 Å². The number of carbonyl (C=O) groups excluding carboxylic acids is 1. The summed E-state index contributed by atoms with van der Waals surface area (Å²) in [5, 5.41) is 8.63. The molecule has 0 bridgehead atoms. The van der Waals surface area contributed by atoms with Gasteiger partial charge in [-0.15, -0.1) is 0 Å². The molecule has 2 aromatic rings. The number of rotatable bonds is 7. The van der Waals surface area contributed by atoms with E-state index in [1.54, 1.807) is 5.48 Å². The van der Waals surface area contributed by atoms with E-state index < -0.39 is 11.7 Å². The van der Waals surface area contributed by atoms with Crippen molar-refractivity contribution in [1.82, 2.24) is 15.0 Å². The number of fused-ring (bicyclic) bond motifs is 1. The molecule has 0 aliphatic heterocycles. The Morgan fingerprint density at radius 3 is 2.82 bits per heavy atom. The number of carbonyl (C=O) groups is 1. The Bertz CT molecular complexity index is 715. The molecule has 1 amide bonds. The zero-order valence-electron chi connectivity index (χ0n) is 12.1. The predicted molar refractivity (Wildman–Crippen MR) is 79.0 cm³/mol. The van der Waals surface area contributed by atoms with Crippen molar-refractivity contribution in [3.63, 3.8) is 0 Å². The lowest BCUT2D eigenvalue weighted by Crippen LogP contribution is -2.20. The minimum absolute atomic E-state index is 0.246. The maximum absolute atomic E-state index is 13.2. The number of hydrogen-bond acceptors (Lipinski definition) is 4. The van der Waals surface area contributed by atoms with Gasteiger partial charge in [0.25, 0.3) is 5.56 Å². The van der Waals surface area contributed by atoms with Crippen LogP contribution >= 0.6 is 0 Å². The smallest absolute Gasteiger partial charge is 0.261 e. The second-order valence-corrected chi connectivity index (χ2v) is 5.10. The molecule has 0 atom stereocenters. The van der Waals surface area contributed by atoms with Gasteiger partial charge in [0.15, 0.2) is 0 Å². The Balaban J connectivity index is 1.88. The first-order valence-electron chi connectivity index (χ1n) is 7.19. The third kappa shape index (κ3) is 4.11. The molecule has 0 spiro atoms. The van der Waals surface area contributed by atoms with Crippen molar-refractivity contribution in [3.8, 4) is 0 Å². The minimum Gasteiger partial charge on any atom is -0.299 e. The number of aromatic nitrogens is 2. The lowest BCUT2D eigenvalue weighted by atomic mass is 10.1. The number of halogens is 1. The Kier molecular flexibility index (Phi) is 5.60. The molecule has 0 fully saturated rings. The van der Waals surface area contributed by atoms with Crippen LogP contribution in [0.25, 0.3) is 10.9 Å². The summed E-state index contributed by atoms with van der Waals surface area (Å²) in [5.41, 5.74) is 1.83. The fraction of sp³-hybridized carbons (Fsp3) is 0.400. The lowest BCUT2D eigenvalue weighted by molar-refractivity contribution is -0.129. The van der Waals surface area contributed by atoms with Gasteiger partial charge >= 0.3 is 0 Å². The molecule has 7 heteroatoms. The molecule has 0 saturated carbocycles. The Labute approximate surface area is 126 Å². The van der Waals surface area contributed by atoms with Gasteiger partial charge in [-0.3, -0.25) is 19.4 Å². The first-order chi connectivity index (χ1) is 10.6. The second-order valence-electron chi connectivity index (χ2n) is 5.10. The molecule has 0 radical (unpaired) electrons. The van der Waals surface area contributed by atoms with Gasteiger partial charge in [0, 0.05) is 13.0 Å². The molecular weight excluding hydrogens is 289 g/mol. The van der Waals surface area contributed by atoms with Crippen LogP contribution in [-0.4, -0.2) is 20.7 Å². The zero-order chi connectivity index (χ0) is 15.9. The quantitative estimate of drug-likeness (QED) is 0.465. The maximum atomic E-state index is 13.2. The van der Waals surface area contributed by atoms with E-state index in [0.29, 0.717) is 18.5 Å². The van der Waals surface area contributed by atoms with Crippen molar-refractivity contribution < 1.29 is 14.4 Å². The second kappa shape index (κ2) is 7.65. The molecule has 1 aromatic heterocycles. The van der Waals surface area contributed by atoms with E-state index in [4.69, 9.17) is 5.21 Å². The van der Waals surface area contributed by atoms with Crippen LogP contribution in [0.15, 0.2) is 29.3 Å². The molecule has 118 valence electrons. The van der Waals surface area contributed by atoms with Crippen LogP contribution < -0.4 is 11.0 Å². The number of hydrogen-bond donors (Lipinski definition) is 2. The summed E-state index contributed by atoms with van der Waals surface area (Å²) in [4.78, 5) is 27.2. The summed E-state index contributed by atoms with van der Waals surface area (Å²) in [5.74, 6) is -0.844. The first kappa shape index (κ1) is 16.1. The lowest BCUT2D eigenvalue weighted by Gasteiger charge is -2.06. The van der Waals surface area contributed by atoms with Gasteiger partial charge in [-0.05, 0) is 31.0 Å². The molecule has 0 unspecified atom stereocenters.